The molecule has 0 heterocycles. The zero-order valence-electron chi connectivity index (χ0n) is 10.9. The average Bonchev–Trinajstić information content (AvgIpc) is 2.41. The number of halogens is 3. The van der Waals surface area contributed by atoms with E-state index in [1.165, 1.54) is 0 Å². The first-order valence-corrected chi connectivity index (χ1v) is 8.74. The van der Waals surface area contributed by atoms with Crippen LogP contribution in [-0.4, -0.2) is 20.5 Å². The van der Waals surface area contributed by atoms with Crippen molar-refractivity contribution in [1.82, 2.24) is 0 Å². The standard InChI is InChI=1S/C13H13ClF2O4S/c14-21(18,19)9-6-10(12(16)11(15)7-9)13(17)20-8-4-2-1-3-5-8/h6-8H,1-5H2. The van der Waals surface area contributed by atoms with Gasteiger partial charge in [0.25, 0.3) is 9.05 Å². The van der Waals surface area contributed by atoms with Crippen LogP contribution in [0.4, 0.5) is 8.78 Å². The summed E-state index contributed by atoms with van der Waals surface area (Å²) in [7, 11) is 0.809. The fraction of sp³-hybridized carbons (Fsp3) is 0.462. The molecule has 4 nitrogen and oxygen atoms in total. The molecule has 2 rings (SSSR count). The topological polar surface area (TPSA) is 60.4 Å². The zero-order valence-corrected chi connectivity index (χ0v) is 12.5. The highest BCUT2D eigenvalue weighted by molar-refractivity contribution is 8.13. The van der Waals surface area contributed by atoms with Crippen LogP contribution in [-0.2, 0) is 13.8 Å². The second kappa shape index (κ2) is 6.27. The van der Waals surface area contributed by atoms with Crippen molar-refractivity contribution in [3.8, 4) is 0 Å². The van der Waals surface area contributed by atoms with Crippen molar-refractivity contribution >= 4 is 25.7 Å². The first-order chi connectivity index (χ1) is 9.79. The third-order valence-electron chi connectivity index (χ3n) is 3.33. The molecule has 0 unspecified atom stereocenters. The molecule has 0 aliphatic heterocycles. The predicted molar refractivity (Wildman–Crippen MR) is 71.7 cm³/mol. The van der Waals surface area contributed by atoms with Crippen LogP contribution >= 0.6 is 10.7 Å². The summed E-state index contributed by atoms with van der Waals surface area (Å²) < 4.78 is 54.5. The maximum Gasteiger partial charge on any atom is 0.341 e. The van der Waals surface area contributed by atoms with Crippen molar-refractivity contribution < 1.29 is 26.7 Å². The molecule has 1 aromatic rings. The lowest BCUT2D eigenvalue weighted by Crippen LogP contribution is -2.22. The lowest BCUT2D eigenvalue weighted by Gasteiger charge is -2.22. The van der Waals surface area contributed by atoms with Crippen molar-refractivity contribution in [1.29, 1.82) is 0 Å². The number of hydrogen-bond donors (Lipinski definition) is 0. The van der Waals surface area contributed by atoms with Crippen LogP contribution in [0.15, 0.2) is 17.0 Å². The van der Waals surface area contributed by atoms with E-state index in [0.29, 0.717) is 25.0 Å². The molecule has 1 saturated carbocycles. The zero-order chi connectivity index (χ0) is 15.6. The second-order valence-corrected chi connectivity index (χ2v) is 7.44. The van der Waals surface area contributed by atoms with E-state index in [0.717, 1.165) is 19.3 Å². The first-order valence-electron chi connectivity index (χ1n) is 6.43. The molecule has 1 aromatic carbocycles. The molecule has 116 valence electrons. The van der Waals surface area contributed by atoms with Gasteiger partial charge in [0.1, 0.15) is 6.10 Å². The van der Waals surface area contributed by atoms with Gasteiger partial charge in [0.15, 0.2) is 11.6 Å². The summed E-state index contributed by atoms with van der Waals surface area (Å²) in [6, 6.07) is 1.11. The van der Waals surface area contributed by atoms with Gasteiger partial charge in [-0.05, 0) is 37.8 Å². The monoisotopic (exact) mass is 338 g/mol. The molecule has 1 fully saturated rings. The first kappa shape index (κ1) is 16.2. The highest BCUT2D eigenvalue weighted by Crippen LogP contribution is 2.25. The van der Waals surface area contributed by atoms with Gasteiger partial charge >= 0.3 is 5.97 Å². The molecular weight excluding hydrogens is 326 g/mol. The van der Waals surface area contributed by atoms with Gasteiger partial charge in [-0.3, -0.25) is 0 Å². The Balaban J connectivity index is 2.29. The number of carbonyl (C=O) groups excluding carboxylic acids is 1. The second-order valence-electron chi connectivity index (χ2n) is 4.87. The molecule has 0 N–H and O–H groups in total. The molecular formula is C13H13ClF2O4S. The van der Waals surface area contributed by atoms with Gasteiger partial charge in [0.2, 0.25) is 0 Å². The van der Waals surface area contributed by atoms with E-state index in [4.69, 9.17) is 15.4 Å². The van der Waals surface area contributed by atoms with Crippen molar-refractivity contribution in [2.75, 3.05) is 0 Å². The van der Waals surface area contributed by atoms with Gasteiger partial charge in [0.05, 0.1) is 10.5 Å². The van der Waals surface area contributed by atoms with Crippen molar-refractivity contribution in [3.63, 3.8) is 0 Å². The third-order valence-corrected chi connectivity index (χ3v) is 4.66. The van der Waals surface area contributed by atoms with Crippen LogP contribution in [0.1, 0.15) is 42.5 Å². The van der Waals surface area contributed by atoms with Crippen LogP contribution in [0, 0.1) is 11.6 Å². The van der Waals surface area contributed by atoms with Crippen LogP contribution in [0.25, 0.3) is 0 Å². The lowest BCUT2D eigenvalue weighted by atomic mass is 9.98. The molecule has 0 radical (unpaired) electrons. The van der Waals surface area contributed by atoms with Crippen LogP contribution < -0.4 is 0 Å². The smallest absolute Gasteiger partial charge is 0.341 e. The normalized spacial score (nSPS) is 16.7. The summed E-state index contributed by atoms with van der Waals surface area (Å²) in [4.78, 5) is 11.2. The van der Waals surface area contributed by atoms with E-state index in [-0.39, 0.29) is 6.10 Å². The maximum atomic E-state index is 13.7. The van der Waals surface area contributed by atoms with Gasteiger partial charge in [-0.1, -0.05) is 6.42 Å². The predicted octanol–water partition coefficient (Wildman–Crippen LogP) is 3.38. The fourth-order valence-corrected chi connectivity index (χ4v) is 3.02. The minimum atomic E-state index is -4.27. The number of hydrogen-bond acceptors (Lipinski definition) is 4. The Morgan fingerprint density at radius 2 is 1.81 bits per heavy atom. The van der Waals surface area contributed by atoms with Gasteiger partial charge in [-0.2, -0.15) is 0 Å². The Bertz CT molecular complexity index is 654. The summed E-state index contributed by atoms with van der Waals surface area (Å²) in [6.45, 7) is 0. The highest BCUT2D eigenvalue weighted by Gasteiger charge is 2.25. The third kappa shape index (κ3) is 3.91. The molecule has 0 bridgehead atoms. The van der Waals surface area contributed by atoms with E-state index in [2.05, 4.69) is 0 Å². The van der Waals surface area contributed by atoms with E-state index in [1.807, 2.05) is 0 Å². The Morgan fingerprint density at radius 1 is 1.19 bits per heavy atom. The number of carbonyl (C=O) groups is 1. The minimum Gasteiger partial charge on any atom is -0.459 e. The summed E-state index contributed by atoms with van der Waals surface area (Å²) in [6.07, 6.45) is 3.78. The van der Waals surface area contributed by atoms with Gasteiger partial charge in [0, 0.05) is 10.7 Å². The maximum absolute atomic E-state index is 13.7. The molecule has 0 spiro atoms. The molecule has 0 aromatic heterocycles. The molecule has 0 atom stereocenters. The molecule has 8 heteroatoms. The minimum absolute atomic E-state index is 0.357. The van der Waals surface area contributed by atoms with Crippen LogP contribution in [0.5, 0.6) is 0 Å². The van der Waals surface area contributed by atoms with Gasteiger partial charge < -0.3 is 4.74 Å². The van der Waals surface area contributed by atoms with E-state index < -0.39 is 37.1 Å². The van der Waals surface area contributed by atoms with Gasteiger partial charge in [-0.15, -0.1) is 0 Å². The van der Waals surface area contributed by atoms with Crippen molar-refractivity contribution in [2.24, 2.45) is 0 Å². The van der Waals surface area contributed by atoms with Crippen molar-refractivity contribution in [2.45, 2.75) is 43.1 Å². The molecule has 21 heavy (non-hydrogen) atoms. The summed E-state index contributed by atoms with van der Waals surface area (Å²) in [5.41, 5.74) is -0.764. The molecule has 0 amide bonds. The average molecular weight is 339 g/mol. The van der Waals surface area contributed by atoms with Crippen molar-refractivity contribution in [3.05, 3.63) is 29.3 Å². The van der Waals surface area contributed by atoms with Gasteiger partial charge in [-0.25, -0.2) is 22.0 Å². The molecule has 1 aliphatic rings. The largest absolute Gasteiger partial charge is 0.459 e. The number of ether oxygens (including phenoxy) is 1. The highest BCUT2D eigenvalue weighted by atomic mass is 35.7. The van der Waals surface area contributed by atoms with E-state index in [1.54, 1.807) is 0 Å². The fourth-order valence-electron chi connectivity index (χ4n) is 2.25. The lowest BCUT2D eigenvalue weighted by molar-refractivity contribution is 0.0204. The number of benzene rings is 1. The summed E-state index contributed by atoms with van der Waals surface area (Å²) >= 11 is 0. The summed E-state index contributed by atoms with van der Waals surface area (Å²) in [5, 5.41) is 0. The molecule has 0 saturated heterocycles. The van der Waals surface area contributed by atoms with E-state index in [9.17, 15) is 22.0 Å². The van der Waals surface area contributed by atoms with Crippen LogP contribution in [0.3, 0.4) is 0 Å². The Hall–Kier alpha value is -1.21. The van der Waals surface area contributed by atoms with Crippen LogP contribution in [0.2, 0.25) is 0 Å². The number of rotatable bonds is 3. The number of esters is 1. The Morgan fingerprint density at radius 3 is 2.38 bits per heavy atom. The molecule has 1 aliphatic carbocycles. The Kier molecular flexibility index (Phi) is 4.83. The SMILES string of the molecule is O=C(OC1CCCCC1)c1cc(S(=O)(=O)Cl)cc(F)c1F. The summed E-state index contributed by atoms with van der Waals surface area (Å²) in [5.74, 6) is -3.99. The van der Waals surface area contributed by atoms with E-state index >= 15 is 0 Å². The Labute approximate surface area is 125 Å². The quantitative estimate of drug-likeness (QED) is 0.626.